The van der Waals surface area contributed by atoms with Crippen molar-refractivity contribution in [2.45, 2.75) is 173 Å². The van der Waals surface area contributed by atoms with Crippen LogP contribution >= 0.6 is 45.7 Å². The summed E-state index contributed by atoms with van der Waals surface area (Å²) in [5.41, 5.74) is -0.324. The molecule has 0 aromatic carbocycles. The first-order valence-electron chi connectivity index (χ1n) is 18.2. The fraction of sp³-hybridized carbons (Fsp3) is 1.00. The van der Waals surface area contributed by atoms with Crippen LogP contribution in [-0.4, -0.2) is 75.3 Å². The van der Waals surface area contributed by atoms with E-state index < -0.39 is 37.1 Å². The monoisotopic (exact) mass is 976 g/mol. The number of rotatable bonds is 12. The predicted molar refractivity (Wildman–Crippen MR) is 207 cm³/mol. The second-order valence-electron chi connectivity index (χ2n) is 13.7. The SMILES string of the molecule is CCOP(=O)(OCC)C1CCCC1.CCOP(=O)(OCC)C1CCCC1.C[Si](C)(C)Br.O=P(O)(O)C1CCCC1.O=P(O)(O)C1CCCC1.[Fe].[Fe]. The van der Waals surface area contributed by atoms with Gasteiger partial charge in [-0.1, -0.05) is 71.0 Å². The topological polar surface area (TPSA) is 186 Å². The van der Waals surface area contributed by atoms with Gasteiger partial charge in [-0.15, -0.1) is 15.3 Å². The molecule has 20 heteroatoms. The van der Waals surface area contributed by atoms with Gasteiger partial charge in [-0.05, 0) is 79.1 Å². The van der Waals surface area contributed by atoms with Crippen molar-refractivity contribution in [3.8, 4) is 0 Å². The van der Waals surface area contributed by atoms with Crippen LogP contribution in [0.3, 0.4) is 0 Å². The van der Waals surface area contributed by atoms with Gasteiger partial charge in [-0.2, -0.15) is 0 Å². The smallest absolute Gasteiger partial charge is 0.324 e. The molecular formula is C31H69BrFe2O12P4Si. The van der Waals surface area contributed by atoms with Gasteiger partial charge in [0.05, 0.1) is 49.1 Å². The van der Waals surface area contributed by atoms with E-state index in [0.717, 1.165) is 77.0 Å². The van der Waals surface area contributed by atoms with Crippen molar-refractivity contribution >= 4 is 52.4 Å². The first kappa shape index (κ1) is 57.7. The summed E-state index contributed by atoms with van der Waals surface area (Å²) in [5, 5.41) is 0. The summed E-state index contributed by atoms with van der Waals surface area (Å²) in [7, 11) is -13.0. The summed E-state index contributed by atoms with van der Waals surface area (Å²) in [6.07, 6.45) is 15.4. The number of hydrogen-bond donors (Lipinski definition) is 4. The minimum atomic E-state index is -3.71. The molecule has 0 unspecified atom stereocenters. The number of halogens is 1. The zero-order valence-electron chi connectivity index (χ0n) is 31.9. The molecule has 4 aliphatic rings. The van der Waals surface area contributed by atoms with Gasteiger partial charge in [0.2, 0.25) is 0 Å². The molecule has 12 nitrogen and oxygen atoms in total. The first-order valence-corrected chi connectivity index (χ1v) is 30.6. The standard InChI is InChI=1S/2C9H19O3P.2C5H11O3P.C3H9BrSi.2Fe/c2*1-3-11-13(10,12-4-2)9-7-5-6-8-9;2*6-9(7,8)5-3-1-2-4-5;1-5(2,3)4;;/h2*9H,3-8H2,1-2H3;2*5H,1-4H2,(H2,6,7,8);1-3H3;;. The fourth-order valence-corrected chi connectivity index (χ4v) is 12.6. The second-order valence-corrected chi connectivity index (χ2v) is 33.5. The Morgan fingerprint density at radius 1 is 0.471 bits per heavy atom. The largest absolute Gasteiger partial charge is 0.333 e. The van der Waals surface area contributed by atoms with Crippen LogP contribution in [0.2, 0.25) is 19.6 Å². The van der Waals surface area contributed by atoms with Crippen LogP contribution < -0.4 is 0 Å². The Morgan fingerprint density at radius 3 is 0.745 bits per heavy atom. The van der Waals surface area contributed by atoms with Crippen LogP contribution in [0.5, 0.6) is 0 Å². The summed E-state index contributed by atoms with van der Waals surface area (Å²) < 4.78 is 66.5. The van der Waals surface area contributed by atoms with Crippen LogP contribution in [0.15, 0.2) is 0 Å². The summed E-state index contributed by atoms with van der Waals surface area (Å²) in [6, 6.07) is 0. The van der Waals surface area contributed by atoms with E-state index in [9.17, 15) is 18.3 Å². The van der Waals surface area contributed by atoms with Gasteiger partial charge < -0.3 is 37.7 Å². The van der Waals surface area contributed by atoms with Crippen LogP contribution in [-0.2, 0) is 70.5 Å². The summed E-state index contributed by atoms with van der Waals surface area (Å²) >= 11 is 3.51. The van der Waals surface area contributed by atoms with Crippen LogP contribution in [0.25, 0.3) is 0 Å². The summed E-state index contributed by atoms with van der Waals surface area (Å²) in [6.45, 7) is 15.3. The van der Waals surface area contributed by atoms with E-state index in [4.69, 9.17) is 37.7 Å². The van der Waals surface area contributed by atoms with Gasteiger partial charge in [-0.25, -0.2) is 0 Å². The molecule has 4 fully saturated rings. The second kappa shape index (κ2) is 29.5. The molecule has 0 bridgehead atoms. The Morgan fingerprint density at radius 2 is 0.627 bits per heavy atom. The van der Waals surface area contributed by atoms with E-state index in [-0.39, 0.29) is 56.8 Å². The van der Waals surface area contributed by atoms with Crippen molar-refractivity contribution in [1.29, 1.82) is 0 Å². The van der Waals surface area contributed by atoms with Crippen molar-refractivity contribution < 1.29 is 90.1 Å². The third kappa shape index (κ3) is 26.8. The molecule has 0 spiro atoms. The van der Waals surface area contributed by atoms with Crippen molar-refractivity contribution in [2.75, 3.05) is 26.4 Å². The van der Waals surface area contributed by atoms with Crippen molar-refractivity contribution in [2.24, 2.45) is 0 Å². The van der Waals surface area contributed by atoms with E-state index >= 15 is 0 Å². The van der Waals surface area contributed by atoms with Crippen LogP contribution in [0.1, 0.15) is 130 Å². The average molecular weight is 977 g/mol. The van der Waals surface area contributed by atoms with Gasteiger partial charge >= 0.3 is 30.4 Å². The summed E-state index contributed by atoms with van der Waals surface area (Å²) in [4.78, 5) is 34.5. The zero-order valence-corrected chi connectivity index (χ0v) is 40.3. The molecule has 0 atom stereocenters. The van der Waals surface area contributed by atoms with E-state index in [1.54, 1.807) is 0 Å². The molecule has 4 aliphatic carbocycles. The van der Waals surface area contributed by atoms with E-state index in [0.29, 0.717) is 52.1 Å². The van der Waals surface area contributed by atoms with Gasteiger partial charge in [-0.3, -0.25) is 18.3 Å². The quantitative estimate of drug-likeness (QED) is 0.0825. The molecule has 0 aromatic heterocycles. The molecule has 0 amide bonds. The molecule has 4 rings (SSSR count). The molecule has 0 radical (unpaired) electrons. The van der Waals surface area contributed by atoms with E-state index in [1.165, 1.54) is 0 Å². The Kier molecular flexibility index (Phi) is 33.4. The maximum absolute atomic E-state index is 12.2. The number of hydrogen-bond acceptors (Lipinski definition) is 8. The Bertz CT molecular complexity index is 954. The normalized spacial score (nSPS) is 19.2. The maximum Gasteiger partial charge on any atom is 0.333 e. The maximum atomic E-state index is 12.2. The molecule has 0 aromatic rings. The van der Waals surface area contributed by atoms with Crippen molar-refractivity contribution in [3.63, 3.8) is 0 Å². The average Bonchev–Trinajstić information content (AvgIpc) is 3.82. The molecule has 0 saturated heterocycles. The molecular weight excluding hydrogens is 908 g/mol. The van der Waals surface area contributed by atoms with Gasteiger partial charge in [0.15, 0.2) is 0 Å². The van der Waals surface area contributed by atoms with E-state index in [1.807, 2.05) is 27.7 Å². The molecule has 312 valence electrons. The molecule has 0 aliphatic heterocycles. The minimum absolute atomic E-state index is 0. The third-order valence-electron chi connectivity index (χ3n) is 8.38. The first-order chi connectivity index (χ1) is 22.7. The molecule has 4 saturated carbocycles. The molecule has 51 heavy (non-hydrogen) atoms. The van der Waals surface area contributed by atoms with Crippen molar-refractivity contribution in [1.82, 2.24) is 0 Å². The van der Waals surface area contributed by atoms with E-state index in [2.05, 4.69) is 34.9 Å². The molecule has 4 N–H and O–H groups in total. The summed E-state index contributed by atoms with van der Waals surface area (Å²) in [5.74, 6) is 0. The Hall–Kier alpha value is 2.34. The predicted octanol–water partition coefficient (Wildman–Crippen LogP) is 10.8. The van der Waals surface area contributed by atoms with Crippen LogP contribution in [0, 0.1) is 0 Å². The van der Waals surface area contributed by atoms with Gasteiger partial charge in [0.25, 0.3) is 0 Å². The Labute approximate surface area is 339 Å². The third-order valence-corrected chi connectivity index (χ3v) is 16.6. The minimum Gasteiger partial charge on any atom is -0.324 e. The Balaban J connectivity index is -0.000000576. The van der Waals surface area contributed by atoms with Crippen LogP contribution in [0.4, 0.5) is 0 Å². The molecule has 0 heterocycles. The van der Waals surface area contributed by atoms with Crippen molar-refractivity contribution in [3.05, 3.63) is 0 Å². The fourth-order valence-electron chi connectivity index (χ4n) is 6.14. The van der Waals surface area contributed by atoms with Gasteiger partial charge in [0, 0.05) is 34.1 Å². The zero-order chi connectivity index (χ0) is 37.8. The van der Waals surface area contributed by atoms with Gasteiger partial charge in [0.1, 0.15) is 6.69 Å².